The molecule has 0 amide bonds. The summed E-state index contributed by atoms with van der Waals surface area (Å²) in [5, 5.41) is 4.65. The number of halogens is 2. The van der Waals surface area contributed by atoms with Crippen LogP contribution < -0.4 is 10.4 Å². The second kappa shape index (κ2) is 3.86. The fraction of sp³-hybridized carbons (Fsp3) is 0. The largest absolute Gasteiger partial charge is 0.311 e. The predicted octanol–water partition coefficient (Wildman–Crippen LogP) is 3.85. The Morgan fingerprint density at radius 2 is 1.26 bits per heavy atom. The number of fused-ring (bicyclic) bond motifs is 2. The van der Waals surface area contributed by atoms with E-state index in [1.165, 1.54) is 21.9 Å². The number of hydrogen-bond donors (Lipinski definition) is 0. The lowest BCUT2D eigenvalue weighted by atomic mass is 9.97. The molecule has 1 aliphatic rings. The van der Waals surface area contributed by atoms with Crippen LogP contribution in [0.2, 0.25) is 0 Å². The molecule has 0 saturated heterocycles. The molecule has 0 spiro atoms. The smallest absolute Gasteiger partial charge is 0.134 e. The normalized spacial score (nSPS) is 15.3. The molecule has 3 aromatic carbocycles. The average molecular weight is 301 g/mol. The van der Waals surface area contributed by atoms with Crippen LogP contribution in [0.15, 0.2) is 60.7 Å². The SMILES string of the molecule is Cl[Si]1(Cl)c2ccccc2-c2cccc3cccc1c23. The van der Waals surface area contributed by atoms with Gasteiger partial charge in [-0.25, -0.2) is 0 Å². The van der Waals surface area contributed by atoms with E-state index >= 15 is 0 Å². The van der Waals surface area contributed by atoms with E-state index < -0.39 is 6.69 Å². The second-order valence-electron chi connectivity index (χ2n) is 4.83. The predicted molar refractivity (Wildman–Crippen MR) is 86.1 cm³/mol. The number of benzene rings is 3. The van der Waals surface area contributed by atoms with Crippen molar-refractivity contribution in [2.75, 3.05) is 0 Å². The average Bonchev–Trinajstić information content (AvgIpc) is 2.45. The van der Waals surface area contributed by atoms with Crippen molar-refractivity contribution in [3.05, 3.63) is 60.7 Å². The Balaban J connectivity index is 2.28. The van der Waals surface area contributed by atoms with Crippen LogP contribution in [0.4, 0.5) is 0 Å². The lowest BCUT2D eigenvalue weighted by Crippen LogP contribution is -2.51. The highest BCUT2D eigenvalue weighted by atomic mass is 35.7. The molecule has 0 nitrogen and oxygen atoms in total. The molecule has 0 saturated carbocycles. The van der Waals surface area contributed by atoms with Crippen LogP contribution in [-0.2, 0) is 0 Å². The third kappa shape index (κ3) is 1.46. The van der Waals surface area contributed by atoms with E-state index in [-0.39, 0.29) is 0 Å². The Morgan fingerprint density at radius 3 is 2.11 bits per heavy atom. The molecule has 4 rings (SSSR count). The molecule has 0 unspecified atom stereocenters. The highest BCUT2D eigenvalue weighted by Gasteiger charge is 2.40. The molecular formula is C16H10Cl2Si. The molecule has 0 radical (unpaired) electrons. The van der Waals surface area contributed by atoms with Crippen LogP contribution >= 0.6 is 22.2 Å². The Hall–Kier alpha value is -1.28. The molecule has 3 aromatic rings. The fourth-order valence-electron chi connectivity index (χ4n) is 2.96. The topological polar surface area (TPSA) is 0 Å². The summed E-state index contributed by atoms with van der Waals surface area (Å²) in [5.41, 5.74) is 2.43. The van der Waals surface area contributed by atoms with Crippen LogP contribution in [0.3, 0.4) is 0 Å². The highest BCUT2D eigenvalue weighted by Crippen LogP contribution is 2.35. The van der Waals surface area contributed by atoms with Gasteiger partial charge in [0, 0.05) is 0 Å². The fourth-order valence-corrected chi connectivity index (χ4v) is 6.95. The minimum atomic E-state index is -2.62. The summed E-state index contributed by atoms with van der Waals surface area (Å²) < 4.78 is 0. The van der Waals surface area contributed by atoms with Crippen LogP contribution in [-0.4, -0.2) is 6.69 Å². The maximum Gasteiger partial charge on any atom is 0.311 e. The third-order valence-corrected chi connectivity index (χ3v) is 8.45. The molecule has 3 heteroatoms. The van der Waals surface area contributed by atoms with Gasteiger partial charge in [0.15, 0.2) is 0 Å². The van der Waals surface area contributed by atoms with Gasteiger partial charge in [0.1, 0.15) is 0 Å². The van der Waals surface area contributed by atoms with Gasteiger partial charge in [-0.05, 0) is 32.3 Å². The van der Waals surface area contributed by atoms with Crippen molar-refractivity contribution in [2.45, 2.75) is 0 Å². The van der Waals surface area contributed by atoms with Crippen LogP contribution in [0.1, 0.15) is 0 Å². The van der Waals surface area contributed by atoms with Gasteiger partial charge in [-0.3, -0.25) is 0 Å². The van der Waals surface area contributed by atoms with E-state index in [4.69, 9.17) is 22.2 Å². The Labute approximate surface area is 122 Å². The first kappa shape index (κ1) is 11.5. The summed E-state index contributed by atoms with van der Waals surface area (Å²) in [6.45, 7) is -2.62. The highest BCUT2D eigenvalue weighted by molar-refractivity contribution is 7.57. The van der Waals surface area contributed by atoms with Crippen molar-refractivity contribution in [3.63, 3.8) is 0 Å². The van der Waals surface area contributed by atoms with Crippen molar-refractivity contribution in [3.8, 4) is 11.1 Å². The van der Waals surface area contributed by atoms with Gasteiger partial charge in [0.05, 0.1) is 0 Å². The van der Waals surface area contributed by atoms with Gasteiger partial charge in [0.25, 0.3) is 0 Å². The summed E-state index contributed by atoms with van der Waals surface area (Å²) in [4.78, 5) is 0. The number of rotatable bonds is 0. The summed E-state index contributed by atoms with van der Waals surface area (Å²) >= 11 is 13.6. The lowest BCUT2D eigenvalue weighted by Gasteiger charge is -2.28. The van der Waals surface area contributed by atoms with Crippen LogP contribution in [0, 0.1) is 0 Å². The zero-order valence-corrected chi connectivity index (χ0v) is 12.5. The van der Waals surface area contributed by atoms with Gasteiger partial charge >= 0.3 is 6.69 Å². The van der Waals surface area contributed by atoms with Gasteiger partial charge < -0.3 is 0 Å². The minimum Gasteiger partial charge on any atom is -0.134 e. The molecule has 1 aliphatic heterocycles. The molecule has 0 aliphatic carbocycles. The van der Waals surface area contributed by atoms with E-state index in [1.807, 2.05) is 18.2 Å². The van der Waals surface area contributed by atoms with Gasteiger partial charge in [-0.15, -0.1) is 22.2 Å². The van der Waals surface area contributed by atoms with Crippen LogP contribution in [0.25, 0.3) is 21.9 Å². The second-order valence-corrected chi connectivity index (χ2v) is 11.0. The molecule has 0 fully saturated rings. The van der Waals surface area contributed by atoms with Gasteiger partial charge in [0.2, 0.25) is 0 Å². The van der Waals surface area contributed by atoms with Crippen molar-refractivity contribution in [1.82, 2.24) is 0 Å². The van der Waals surface area contributed by atoms with E-state index in [1.54, 1.807) is 0 Å². The van der Waals surface area contributed by atoms with Crippen molar-refractivity contribution in [2.24, 2.45) is 0 Å². The Kier molecular flexibility index (Phi) is 2.34. The van der Waals surface area contributed by atoms with Crippen molar-refractivity contribution in [1.29, 1.82) is 0 Å². The maximum atomic E-state index is 6.80. The van der Waals surface area contributed by atoms with Crippen molar-refractivity contribution < 1.29 is 0 Å². The monoisotopic (exact) mass is 300 g/mol. The van der Waals surface area contributed by atoms with Gasteiger partial charge in [-0.1, -0.05) is 60.7 Å². The first-order chi connectivity index (χ1) is 9.19. The summed E-state index contributed by atoms with van der Waals surface area (Å²) in [6.07, 6.45) is 0. The molecular weight excluding hydrogens is 291 g/mol. The third-order valence-electron chi connectivity index (χ3n) is 3.80. The Morgan fingerprint density at radius 1 is 0.632 bits per heavy atom. The zero-order valence-electron chi connectivity index (χ0n) is 10.0. The molecule has 0 aromatic heterocycles. The zero-order chi connectivity index (χ0) is 13.0. The molecule has 0 atom stereocenters. The van der Waals surface area contributed by atoms with Crippen molar-refractivity contribution >= 4 is 50.0 Å². The van der Waals surface area contributed by atoms with Gasteiger partial charge in [-0.2, -0.15) is 0 Å². The quantitative estimate of drug-likeness (QED) is 0.437. The number of hydrogen-bond acceptors (Lipinski definition) is 0. The molecule has 1 heterocycles. The standard InChI is InChI=1S/C16H10Cl2Si/c17-19(18)14-9-2-1-7-12(14)13-8-3-5-11-6-4-10-15(19)16(11)13/h1-10H. The lowest BCUT2D eigenvalue weighted by molar-refractivity contribution is 1.67. The molecule has 92 valence electrons. The van der Waals surface area contributed by atoms with E-state index in [2.05, 4.69) is 42.5 Å². The first-order valence-electron chi connectivity index (χ1n) is 6.19. The van der Waals surface area contributed by atoms with E-state index in [0.717, 1.165) is 10.4 Å². The van der Waals surface area contributed by atoms with Crippen LogP contribution in [0.5, 0.6) is 0 Å². The summed E-state index contributed by atoms with van der Waals surface area (Å²) in [6, 6.07) is 20.8. The molecule has 0 bridgehead atoms. The van der Waals surface area contributed by atoms with E-state index in [9.17, 15) is 0 Å². The summed E-state index contributed by atoms with van der Waals surface area (Å²) in [7, 11) is 0. The van der Waals surface area contributed by atoms with E-state index in [0.29, 0.717) is 0 Å². The molecule has 0 N–H and O–H groups in total. The minimum absolute atomic E-state index is 1.10. The molecule has 19 heavy (non-hydrogen) atoms. The first-order valence-corrected chi connectivity index (χ1v) is 10.2. The summed E-state index contributed by atoms with van der Waals surface area (Å²) in [5.74, 6) is 0. The Bertz CT molecular complexity index is 803. The maximum absolute atomic E-state index is 6.80.